The van der Waals surface area contributed by atoms with Crippen molar-refractivity contribution in [2.24, 2.45) is 0 Å². The van der Waals surface area contributed by atoms with E-state index < -0.39 is 0 Å². The third-order valence-electron chi connectivity index (χ3n) is 3.92. The number of piperidine rings is 1. The predicted octanol–water partition coefficient (Wildman–Crippen LogP) is 3.56. The van der Waals surface area contributed by atoms with Gasteiger partial charge in [0.2, 0.25) is 5.91 Å². The third kappa shape index (κ3) is 4.26. The second-order valence-corrected chi connectivity index (χ2v) is 5.70. The first kappa shape index (κ1) is 14.9. The van der Waals surface area contributed by atoms with Crippen LogP contribution < -0.4 is 4.74 Å². The van der Waals surface area contributed by atoms with E-state index in [1.807, 2.05) is 36.1 Å². The van der Waals surface area contributed by atoms with Crippen molar-refractivity contribution in [1.82, 2.24) is 4.90 Å². The van der Waals surface area contributed by atoms with Crippen molar-refractivity contribution in [2.75, 3.05) is 13.2 Å². The Morgan fingerprint density at radius 2 is 2.25 bits per heavy atom. The first-order valence-corrected chi connectivity index (χ1v) is 7.66. The van der Waals surface area contributed by atoms with Crippen molar-refractivity contribution >= 4 is 5.91 Å². The highest BCUT2D eigenvalue weighted by molar-refractivity contribution is 5.76. The topological polar surface area (TPSA) is 29.5 Å². The maximum absolute atomic E-state index is 12.1. The molecule has 3 heteroatoms. The van der Waals surface area contributed by atoms with Gasteiger partial charge in [-0.15, -0.1) is 0 Å². The number of ether oxygens (including phenoxy) is 1. The van der Waals surface area contributed by atoms with E-state index in [1.54, 1.807) is 0 Å². The number of likely N-dealkylation sites (tertiary alicyclic amines) is 1. The molecule has 0 saturated carbocycles. The van der Waals surface area contributed by atoms with Crippen molar-refractivity contribution in [2.45, 2.75) is 52.0 Å². The van der Waals surface area contributed by atoms with Crippen LogP contribution in [0.3, 0.4) is 0 Å². The van der Waals surface area contributed by atoms with Gasteiger partial charge < -0.3 is 9.64 Å². The molecule has 1 aliphatic heterocycles. The lowest BCUT2D eigenvalue weighted by atomic mass is 10.0. The van der Waals surface area contributed by atoms with Crippen LogP contribution in [0.1, 0.15) is 44.6 Å². The minimum Gasteiger partial charge on any atom is -0.494 e. The lowest BCUT2D eigenvalue weighted by Gasteiger charge is -2.33. The van der Waals surface area contributed by atoms with E-state index in [0.29, 0.717) is 19.1 Å². The van der Waals surface area contributed by atoms with Crippen molar-refractivity contribution in [3.05, 3.63) is 29.8 Å². The van der Waals surface area contributed by atoms with Gasteiger partial charge >= 0.3 is 0 Å². The lowest BCUT2D eigenvalue weighted by molar-refractivity contribution is -0.134. The quantitative estimate of drug-likeness (QED) is 0.769. The third-order valence-corrected chi connectivity index (χ3v) is 3.92. The molecule has 110 valence electrons. The van der Waals surface area contributed by atoms with Gasteiger partial charge in [-0.2, -0.15) is 0 Å². The fourth-order valence-corrected chi connectivity index (χ4v) is 2.73. The highest BCUT2D eigenvalue weighted by atomic mass is 16.5. The van der Waals surface area contributed by atoms with Crippen LogP contribution in [-0.4, -0.2) is 30.0 Å². The molecule has 0 bridgehead atoms. The van der Waals surface area contributed by atoms with Crippen molar-refractivity contribution in [1.29, 1.82) is 0 Å². The molecule has 0 aliphatic carbocycles. The lowest BCUT2D eigenvalue weighted by Crippen LogP contribution is -2.42. The molecule has 1 heterocycles. The summed E-state index contributed by atoms with van der Waals surface area (Å²) in [6.45, 7) is 5.74. The van der Waals surface area contributed by atoms with Gasteiger partial charge in [-0.05, 0) is 57.2 Å². The number of nitrogens with zero attached hydrogens (tertiary/aromatic N) is 1. The first-order chi connectivity index (χ1) is 9.66. The number of amides is 1. The zero-order valence-corrected chi connectivity index (χ0v) is 12.6. The zero-order chi connectivity index (χ0) is 14.4. The van der Waals surface area contributed by atoms with Crippen LogP contribution in [0, 0.1) is 6.92 Å². The number of carbonyl (C=O) groups excluding carboxylic acids is 1. The minimum atomic E-state index is 0.282. The number of rotatable bonds is 5. The predicted molar refractivity (Wildman–Crippen MR) is 80.9 cm³/mol. The van der Waals surface area contributed by atoms with E-state index in [9.17, 15) is 4.79 Å². The van der Waals surface area contributed by atoms with E-state index in [0.717, 1.165) is 31.6 Å². The van der Waals surface area contributed by atoms with Gasteiger partial charge in [0.1, 0.15) is 5.75 Å². The summed E-state index contributed by atoms with van der Waals surface area (Å²) in [4.78, 5) is 14.2. The van der Waals surface area contributed by atoms with E-state index in [4.69, 9.17) is 4.74 Å². The normalized spacial score (nSPS) is 18.9. The van der Waals surface area contributed by atoms with E-state index in [-0.39, 0.29) is 5.91 Å². The number of hydrogen-bond donors (Lipinski definition) is 0. The molecule has 0 radical (unpaired) electrons. The van der Waals surface area contributed by atoms with Crippen LogP contribution in [0.5, 0.6) is 5.75 Å². The molecular weight excluding hydrogens is 250 g/mol. The minimum absolute atomic E-state index is 0.282. The Balaban J connectivity index is 1.69. The van der Waals surface area contributed by atoms with Gasteiger partial charge in [-0.1, -0.05) is 12.1 Å². The van der Waals surface area contributed by atoms with E-state index in [2.05, 4.69) is 6.92 Å². The molecule has 1 aliphatic rings. The highest BCUT2D eigenvalue weighted by Crippen LogP contribution is 2.18. The van der Waals surface area contributed by atoms with Gasteiger partial charge in [0, 0.05) is 19.0 Å². The van der Waals surface area contributed by atoms with Crippen LogP contribution in [0.15, 0.2) is 24.3 Å². The molecule has 0 aromatic heterocycles. The van der Waals surface area contributed by atoms with Crippen LogP contribution >= 0.6 is 0 Å². The fraction of sp³-hybridized carbons (Fsp3) is 0.588. The SMILES string of the molecule is Cc1cccc(OCCCC(=O)N2CCCCC2C)c1. The van der Waals surface area contributed by atoms with Crippen LogP contribution in [0.4, 0.5) is 0 Å². The molecule has 0 spiro atoms. The average molecular weight is 275 g/mol. The summed E-state index contributed by atoms with van der Waals surface area (Å²) in [7, 11) is 0. The molecule has 1 saturated heterocycles. The second kappa shape index (κ2) is 7.32. The zero-order valence-electron chi connectivity index (χ0n) is 12.6. The van der Waals surface area contributed by atoms with E-state index in [1.165, 1.54) is 12.0 Å². The summed E-state index contributed by atoms with van der Waals surface area (Å²) < 4.78 is 5.68. The Morgan fingerprint density at radius 3 is 3.00 bits per heavy atom. The number of hydrogen-bond acceptors (Lipinski definition) is 2. The molecule has 0 N–H and O–H groups in total. The largest absolute Gasteiger partial charge is 0.494 e. The molecule has 1 aromatic rings. The van der Waals surface area contributed by atoms with Crippen molar-refractivity contribution < 1.29 is 9.53 Å². The van der Waals surface area contributed by atoms with Gasteiger partial charge in [0.15, 0.2) is 0 Å². The molecular formula is C17H25NO2. The molecule has 20 heavy (non-hydrogen) atoms. The van der Waals surface area contributed by atoms with Crippen molar-refractivity contribution in [3.8, 4) is 5.75 Å². The molecule has 2 rings (SSSR count). The molecule has 1 unspecified atom stereocenters. The van der Waals surface area contributed by atoms with Gasteiger partial charge in [0.05, 0.1) is 6.61 Å². The van der Waals surface area contributed by atoms with E-state index >= 15 is 0 Å². The standard InChI is InChI=1S/C17H25NO2/c1-14-7-5-9-16(13-14)20-12-6-10-17(19)18-11-4-3-8-15(18)2/h5,7,9,13,15H,3-4,6,8,10-12H2,1-2H3. The Labute approximate surface area is 121 Å². The Bertz CT molecular complexity index is 444. The summed E-state index contributed by atoms with van der Waals surface area (Å²) in [5.74, 6) is 1.17. The maximum Gasteiger partial charge on any atom is 0.222 e. The highest BCUT2D eigenvalue weighted by Gasteiger charge is 2.22. The van der Waals surface area contributed by atoms with Crippen LogP contribution in [-0.2, 0) is 4.79 Å². The van der Waals surface area contributed by atoms with Crippen LogP contribution in [0.25, 0.3) is 0 Å². The Kier molecular flexibility index (Phi) is 5.45. The van der Waals surface area contributed by atoms with Crippen LogP contribution in [0.2, 0.25) is 0 Å². The Hall–Kier alpha value is -1.51. The van der Waals surface area contributed by atoms with Gasteiger partial charge in [-0.3, -0.25) is 4.79 Å². The molecule has 3 nitrogen and oxygen atoms in total. The number of benzene rings is 1. The maximum atomic E-state index is 12.1. The molecule has 1 fully saturated rings. The smallest absolute Gasteiger partial charge is 0.222 e. The summed E-state index contributed by atoms with van der Waals surface area (Å²) in [5, 5.41) is 0. The summed E-state index contributed by atoms with van der Waals surface area (Å²) >= 11 is 0. The number of aryl methyl sites for hydroxylation is 1. The average Bonchev–Trinajstić information content (AvgIpc) is 2.44. The summed E-state index contributed by atoms with van der Waals surface area (Å²) in [6, 6.07) is 8.43. The van der Waals surface area contributed by atoms with Gasteiger partial charge in [0.25, 0.3) is 0 Å². The molecule has 1 aromatic carbocycles. The second-order valence-electron chi connectivity index (χ2n) is 5.70. The summed E-state index contributed by atoms with van der Waals surface area (Å²) in [6.07, 6.45) is 4.93. The number of carbonyl (C=O) groups is 1. The Morgan fingerprint density at radius 1 is 1.40 bits per heavy atom. The summed E-state index contributed by atoms with van der Waals surface area (Å²) in [5.41, 5.74) is 1.20. The molecule has 1 amide bonds. The van der Waals surface area contributed by atoms with Gasteiger partial charge in [-0.25, -0.2) is 0 Å². The molecule has 1 atom stereocenters. The van der Waals surface area contributed by atoms with Crippen molar-refractivity contribution in [3.63, 3.8) is 0 Å². The monoisotopic (exact) mass is 275 g/mol. The fourth-order valence-electron chi connectivity index (χ4n) is 2.73. The first-order valence-electron chi connectivity index (χ1n) is 7.66.